The zero-order valence-corrected chi connectivity index (χ0v) is 40.7. The van der Waals surface area contributed by atoms with Crippen molar-refractivity contribution >= 4 is 17.5 Å². The minimum Gasteiger partial charge on any atom is -0.487 e. The van der Waals surface area contributed by atoms with E-state index in [2.05, 4.69) is 52.5 Å². The summed E-state index contributed by atoms with van der Waals surface area (Å²) >= 11 is 1.98. The number of pyridine rings is 1. The third kappa shape index (κ3) is 15.4. The van der Waals surface area contributed by atoms with Crippen LogP contribution in [0.15, 0.2) is 65.9 Å². The van der Waals surface area contributed by atoms with Crippen molar-refractivity contribution in [2.75, 3.05) is 25.6 Å². The highest BCUT2D eigenvalue weighted by molar-refractivity contribution is 8.00. The summed E-state index contributed by atoms with van der Waals surface area (Å²) in [5.74, 6) is 2.03. The molecule has 0 amide bonds. The lowest BCUT2D eigenvalue weighted by atomic mass is 9.56. The molecule has 63 heavy (non-hydrogen) atoms. The number of rotatable bonds is 31. The third-order valence-corrected chi connectivity index (χ3v) is 14.6. The molecule has 2 heterocycles. The Morgan fingerprint density at radius 2 is 1.54 bits per heavy atom. The van der Waals surface area contributed by atoms with E-state index >= 15 is 0 Å². The Labute approximate surface area is 386 Å². The van der Waals surface area contributed by atoms with Gasteiger partial charge in [-0.15, -0.1) is 6.58 Å². The van der Waals surface area contributed by atoms with Gasteiger partial charge < -0.3 is 29.3 Å². The van der Waals surface area contributed by atoms with Crippen molar-refractivity contribution in [3.8, 4) is 11.5 Å². The van der Waals surface area contributed by atoms with Crippen LogP contribution >= 0.6 is 11.8 Å². The lowest BCUT2D eigenvalue weighted by molar-refractivity contribution is -0.223. The van der Waals surface area contributed by atoms with E-state index in [1.165, 1.54) is 83.5 Å². The molecule has 352 valence electrons. The molecule has 8 nitrogen and oxygen atoms in total. The van der Waals surface area contributed by atoms with Gasteiger partial charge in [-0.1, -0.05) is 127 Å². The van der Waals surface area contributed by atoms with E-state index < -0.39 is 11.4 Å². The molecule has 1 aromatic heterocycles. The Balaban J connectivity index is 1.43. The van der Waals surface area contributed by atoms with Crippen LogP contribution in [0, 0.1) is 24.7 Å². The van der Waals surface area contributed by atoms with Crippen LogP contribution < -0.4 is 9.47 Å². The lowest BCUT2D eigenvalue weighted by Crippen LogP contribution is -2.64. The number of oxime groups is 1. The number of aliphatic hydroxyl groups is 2. The summed E-state index contributed by atoms with van der Waals surface area (Å²) in [7, 11) is 0. The Morgan fingerprint density at radius 3 is 2.17 bits per heavy atom. The fourth-order valence-electron chi connectivity index (χ4n) is 10.1. The first-order valence-corrected chi connectivity index (χ1v) is 26.1. The van der Waals surface area contributed by atoms with Crippen LogP contribution in [0.5, 0.6) is 11.5 Å². The third-order valence-electron chi connectivity index (χ3n) is 13.2. The molecule has 3 aliphatic rings. The SMILES string of the molecule is C=CCOC12Oc3ccc(OCc4cccc(C)n4)cc3C3C(CCCCO)C(CCCCO)C=C(C(=NOC(C)(C)C)CC1SCCCCCCCCCCCCCCCC)C32. The van der Waals surface area contributed by atoms with Crippen LogP contribution in [0.2, 0.25) is 0 Å². The second-order valence-corrected chi connectivity index (χ2v) is 20.8. The highest BCUT2D eigenvalue weighted by atomic mass is 32.2. The highest BCUT2D eigenvalue weighted by Crippen LogP contribution is 2.62. The Hall–Kier alpha value is -2.85. The van der Waals surface area contributed by atoms with Gasteiger partial charge in [-0.25, -0.2) is 0 Å². The monoisotopic (exact) mass is 889 g/mol. The van der Waals surface area contributed by atoms with Crippen LogP contribution in [-0.4, -0.2) is 63.1 Å². The van der Waals surface area contributed by atoms with Gasteiger partial charge in [0.05, 0.1) is 29.2 Å². The number of hydrogen-bond donors (Lipinski definition) is 2. The zero-order chi connectivity index (χ0) is 44.9. The van der Waals surface area contributed by atoms with Crippen LogP contribution in [0.1, 0.15) is 185 Å². The van der Waals surface area contributed by atoms with E-state index in [0.29, 0.717) is 19.6 Å². The number of aromatic nitrogens is 1. The maximum absolute atomic E-state index is 9.98. The van der Waals surface area contributed by atoms with Gasteiger partial charge in [-0.2, -0.15) is 11.8 Å². The van der Waals surface area contributed by atoms with Gasteiger partial charge in [0, 0.05) is 36.8 Å². The Bertz CT molecular complexity index is 1710. The first kappa shape index (κ1) is 51.1. The molecule has 1 fully saturated rings. The number of hydrogen-bond acceptors (Lipinski definition) is 9. The van der Waals surface area contributed by atoms with E-state index in [4.69, 9.17) is 29.2 Å². The number of unbranched alkanes of at least 4 members (excludes halogenated alkanes) is 15. The molecule has 0 bridgehead atoms. The van der Waals surface area contributed by atoms with E-state index in [-0.39, 0.29) is 42.1 Å². The molecule has 0 radical (unpaired) electrons. The molecule has 6 unspecified atom stereocenters. The predicted molar refractivity (Wildman–Crippen MR) is 262 cm³/mol. The van der Waals surface area contributed by atoms with Crippen LogP contribution in [0.4, 0.5) is 0 Å². The van der Waals surface area contributed by atoms with Crippen molar-refractivity contribution in [1.29, 1.82) is 0 Å². The second kappa shape index (κ2) is 26.9. The fraction of sp³-hybridized carbons (Fsp3) is 0.704. The Morgan fingerprint density at radius 1 is 0.873 bits per heavy atom. The number of fused-ring (bicyclic) bond motifs is 2. The molecule has 1 aromatic carbocycles. The van der Waals surface area contributed by atoms with E-state index in [1.54, 1.807) is 0 Å². The number of allylic oxidation sites excluding steroid dienone is 1. The number of aryl methyl sites for hydroxylation is 1. The van der Waals surface area contributed by atoms with E-state index in [1.807, 2.05) is 49.0 Å². The number of benzene rings is 1. The van der Waals surface area contributed by atoms with Gasteiger partial charge in [0.2, 0.25) is 5.79 Å². The molecule has 2 N–H and O–H groups in total. The first-order valence-electron chi connectivity index (χ1n) is 25.1. The number of ether oxygens (including phenoxy) is 3. The summed E-state index contributed by atoms with van der Waals surface area (Å²) in [5.41, 5.74) is 4.69. The number of aliphatic hydroxyl groups excluding tert-OH is 2. The van der Waals surface area contributed by atoms with Gasteiger partial charge >= 0.3 is 0 Å². The molecule has 2 aromatic rings. The largest absolute Gasteiger partial charge is 0.487 e. The summed E-state index contributed by atoms with van der Waals surface area (Å²) in [6.07, 6.45) is 29.1. The predicted octanol–water partition coefficient (Wildman–Crippen LogP) is 13.6. The second-order valence-electron chi connectivity index (χ2n) is 19.5. The summed E-state index contributed by atoms with van der Waals surface area (Å²) in [6.45, 7) is 15.7. The Kier molecular flexibility index (Phi) is 21.9. The van der Waals surface area contributed by atoms with Crippen molar-refractivity contribution in [1.82, 2.24) is 4.98 Å². The molecular formula is C54H84N2O6S. The quantitative estimate of drug-likeness (QED) is 0.0438. The average Bonchev–Trinajstić information content (AvgIpc) is 3.26. The highest BCUT2D eigenvalue weighted by Gasteiger charge is 2.64. The van der Waals surface area contributed by atoms with Crippen LogP contribution in [0.3, 0.4) is 0 Å². The summed E-state index contributed by atoms with van der Waals surface area (Å²) in [6, 6.07) is 12.4. The average molecular weight is 889 g/mol. The summed E-state index contributed by atoms with van der Waals surface area (Å²) < 4.78 is 21.0. The van der Waals surface area contributed by atoms with Crippen molar-refractivity contribution in [2.45, 2.75) is 199 Å². The molecule has 0 saturated heterocycles. The normalized spacial score (nSPS) is 23.4. The maximum Gasteiger partial charge on any atom is 0.230 e. The topological polar surface area (TPSA) is 103 Å². The maximum atomic E-state index is 9.98. The first-order chi connectivity index (χ1) is 30.6. The minimum atomic E-state index is -0.960. The van der Waals surface area contributed by atoms with Gasteiger partial charge in [0.25, 0.3) is 0 Å². The number of nitrogens with zero attached hydrogens (tertiary/aromatic N) is 2. The van der Waals surface area contributed by atoms with E-state index in [0.717, 1.165) is 90.4 Å². The van der Waals surface area contributed by atoms with Crippen LogP contribution in [-0.2, 0) is 16.2 Å². The van der Waals surface area contributed by atoms with Gasteiger partial charge in [-0.05, 0) is 113 Å². The summed E-state index contributed by atoms with van der Waals surface area (Å²) in [4.78, 5) is 11.0. The molecule has 1 saturated carbocycles. The molecule has 1 aliphatic heterocycles. The molecule has 2 aliphatic carbocycles. The van der Waals surface area contributed by atoms with Gasteiger partial charge in [-0.3, -0.25) is 4.98 Å². The van der Waals surface area contributed by atoms with Crippen molar-refractivity contribution in [3.63, 3.8) is 0 Å². The zero-order valence-electron chi connectivity index (χ0n) is 39.9. The van der Waals surface area contributed by atoms with Crippen LogP contribution in [0.25, 0.3) is 0 Å². The fourth-order valence-corrected chi connectivity index (χ4v) is 11.5. The van der Waals surface area contributed by atoms with Crippen molar-refractivity contribution in [3.05, 3.63) is 77.7 Å². The molecular weight excluding hydrogens is 805 g/mol. The number of thioether (sulfide) groups is 1. The molecule has 5 rings (SSSR count). The standard InChI is InChI=1S/C54H84N2O6S/c1-7-9-10-11-12-13-14-15-16-17-18-19-20-25-36-63-50-39-48(56-62-53(4,5)6)46-37-42(28-21-23-33-57)45(30-22-24-34-58)51-47-38-44(59-40-43-29-26-27-41(3)55-43)31-32-49(47)61-54(50,52(46)51)60-35-8-2/h8,26-27,29,31-32,37-38,42,45,50-52,57-58H,2,7,9-25,28,30,33-36,39-40H2,1,3-6H3. The van der Waals surface area contributed by atoms with Crippen molar-refractivity contribution < 1.29 is 29.3 Å². The van der Waals surface area contributed by atoms with Gasteiger partial charge in [0.1, 0.15) is 23.7 Å². The summed E-state index contributed by atoms with van der Waals surface area (Å²) in [5, 5.41) is 24.8. The van der Waals surface area contributed by atoms with Gasteiger partial charge in [0.15, 0.2) is 0 Å². The molecule has 9 heteroatoms. The van der Waals surface area contributed by atoms with Crippen molar-refractivity contribution in [2.24, 2.45) is 22.9 Å². The lowest BCUT2D eigenvalue weighted by Gasteiger charge is -2.58. The molecule has 0 spiro atoms. The molecule has 6 atom stereocenters. The minimum absolute atomic E-state index is 0.0290. The smallest absolute Gasteiger partial charge is 0.230 e. The van der Waals surface area contributed by atoms with E-state index in [9.17, 15) is 10.2 Å².